The molecule has 0 radical (unpaired) electrons. The maximum Gasteiger partial charge on any atom is 0.258 e. The van der Waals surface area contributed by atoms with E-state index in [0.29, 0.717) is 36.2 Å². The Morgan fingerprint density at radius 1 is 1.36 bits per heavy atom. The van der Waals surface area contributed by atoms with Gasteiger partial charge in [-0.2, -0.15) is 4.98 Å². The van der Waals surface area contributed by atoms with Gasteiger partial charge in [0.2, 0.25) is 5.89 Å². The van der Waals surface area contributed by atoms with Crippen molar-refractivity contribution in [1.82, 2.24) is 15.0 Å². The molecule has 0 N–H and O–H groups in total. The van der Waals surface area contributed by atoms with E-state index in [1.54, 1.807) is 0 Å². The molecular formula is C19H23N3O3. The Labute approximate surface area is 147 Å². The number of carbonyl (C=O) groups excluding carboxylic acids is 1. The molecule has 132 valence electrons. The van der Waals surface area contributed by atoms with Gasteiger partial charge in [0.05, 0.1) is 11.6 Å². The highest BCUT2D eigenvalue weighted by Crippen LogP contribution is 2.42. The van der Waals surface area contributed by atoms with Crippen molar-refractivity contribution in [2.24, 2.45) is 0 Å². The lowest BCUT2D eigenvalue weighted by molar-refractivity contribution is 0.0723. The van der Waals surface area contributed by atoms with Crippen LogP contribution in [0.1, 0.15) is 73.2 Å². The topological polar surface area (TPSA) is 68.5 Å². The SMILES string of the molecule is CCc1nc([C@@H]2CCCN2C(=O)c2cccc3c2O[C@H](C)[C@H]3C)no1. The average molecular weight is 341 g/mol. The van der Waals surface area contributed by atoms with Crippen molar-refractivity contribution in [2.45, 2.75) is 58.1 Å². The highest BCUT2D eigenvalue weighted by molar-refractivity contribution is 5.98. The van der Waals surface area contributed by atoms with Gasteiger partial charge in [-0.05, 0) is 25.8 Å². The van der Waals surface area contributed by atoms with Gasteiger partial charge in [0.25, 0.3) is 5.91 Å². The van der Waals surface area contributed by atoms with Gasteiger partial charge in [-0.3, -0.25) is 4.79 Å². The molecule has 1 saturated heterocycles. The van der Waals surface area contributed by atoms with Crippen LogP contribution in [0.4, 0.5) is 0 Å². The number of likely N-dealkylation sites (tertiary alicyclic amines) is 1. The summed E-state index contributed by atoms with van der Waals surface area (Å²) >= 11 is 0. The molecule has 0 aliphatic carbocycles. The minimum absolute atomic E-state index is 0.0106. The minimum atomic E-state index is -0.122. The van der Waals surface area contributed by atoms with Crippen molar-refractivity contribution < 1.29 is 14.1 Å². The van der Waals surface area contributed by atoms with E-state index < -0.39 is 0 Å². The lowest BCUT2D eigenvalue weighted by Gasteiger charge is -2.23. The van der Waals surface area contributed by atoms with Crippen LogP contribution in [-0.2, 0) is 6.42 Å². The van der Waals surface area contributed by atoms with Crippen LogP contribution in [0.3, 0.4) is 0 Å². The molecule has 0 bridgehead atoms. The molecule has 2 aliphatic heterocycles. The second-order valence-corrected chi connectivity index (χ2v) is 6.89. The van der Waals surface area contributed by atoms with E-state index in [-0.39, 0.29) is 18.1 Å². The normalized spacial score (nSPS) is 25.1. The third-order valence-corrected chi connectivity index (χ3v) is 5.37. The Kier molecular flexibility index (Phi) is 3.98. The van der Waals surface area contributed by atoms with Gasteiger partial charge in [-0.25, -0.2) is 0 Å². The van der Waals surface area contributed by atoms with Crippen molar-refractivity contribution in [3.8, 4) is 5.75 Å². The van der Waals surface area contributed by atoms with E-state index >= 15 is 0 Å². The van der Waals surface area contributed by atoms with Crippen molar-refractivity contribution in [2.75, 3.05) is 6.54 Å². The van der Waals surface area contributed by atoms with E-state index in [0.717, 1.165) is 24.2 Å². The summed E-state index contributed by atoms with van der Waals surface area (Å²) < 4.78 is 11.2. The Hall–Kier alpha value is -2.37. The summed E-state index contributed by atoms with van der Waals surface area (Å²) in [6, 6.07) is 5.73. The van der Waals surface area contributed by atoms with Crippen molar-refractivity contribution in [3.63, 3.8) is 0 Å². The summed E-state index contributed by atoms with van der Waals surface area (Å²) in [5.74, 6) is 2.24. The number of aryl methyl sites for hydroxylation is 1. The van der Waals surface area contributed by atoms with Crippen LogP contribution in [-0.4, -0.2) is 33.6 Å². The van der Waals surface area contributed by atoms with E-state index in [2.05, 4.69) is 23.1 Å². The van der Waals surface area contributed by atoms with E-state index in [4.69, 9.17) is 9.26 Å². The van der Waals surface area contributed by atoms with Crippen LogP contribution < -0.4 is 4.74 Å². The quantitative estimate of drug-likeness (QED) is 0.855. The van der Waals surface area contributed by atoms with Crippen molar-refractivity contribution >= 4 is 5.91 Å². The second-order valence-electron chi connectivity index (χ2n) is 6.89. The zero-order valence-electron chi connectivity index (χ0n) is 14.9. The lowest BCUT2D eigenvalue weighted by atomic mass is 9.96. The number of nitrogens with zero attached hydrogens (tertiary/aromatic N) is 3. The summed E-state index contributed by atoms with van der Waals surface area (Å²) in [6.45, 7) is 6.86. The Balaban J connectivity index is 1.65. The minimum Gasteiger partial charge on any atom is -0.489 e. The molecule has 1 amide bonds. The summed E-state index contributed by atoms with van der Waals surface area (Å²) in [7, 11) is 0. The molecule has 1 aromatic heterocycles. The van der Waals surface area contributed by atoms with Gasteiger partial charge in [0, 0.05) is 24.4 Å². The highest BCUT2D eigenvalue weighted by atomic mass is 16.5. The molecule has 3 atom stereocenters. The molecule has 2 aliphatic rings. The van der Waals surface area contributed by atoms with Gasteiger partial charge in [-0.1, -0.05) is 31.1 Å². The monoisotopic (exact) mass is 341 g/mol. The summed E-state index contributed by atoms with van der Waals surface area (Å²) in [5, 5.41) is 4.08. The molecule has 1 aromatic carbocycles. The van der Waals surface area contributed by atoms with Gasteiger partial charge in [0.15, 0.2) is 5.82 Å². The fraction of sp³-hybridized carbons (Fsp3) is 0.526. The van der Waals surface area contributed by atoms with Crippen LogP contribution in [0, 0.1) is 0 Å². The predicted octanol–water partition coefficient (Wildman–Crippen LogP) is 3.49. The Morgan fingerprint density at radius 3 is 2.96 bits per heavy atom. The van der Waals surface area contributed by atoms with Crippen LogP contribution >= 0.6 is 0 Å². The molecule has 6 heteroatoms. The third-order valence-electron chi connectivity index (χ3n) is 5.37. The number of carbonyl (C=O) groups is 1. The van der Waals surface area contributed by atoms with Crippen molar-refractivity contribution in [1.29, 1.82) is 0 Å². The zero-order valence-corrected chi connectivity index (χ0v) is 14.9. The summed E-state index contributed by atoms with van der Waals surface area (Å²) in [5.41, 5.74) is 1.75. The number of fused-ring (bicyclic) bond motifs is 1. The fourth-order valence-corrected chi connectivity index (χ4v) is 3.73. The van der Waals surface area contributed by atoms with Crippen LogP contribution in [0.2, 0.25) is 0 Å². The number of hydrogen-bond acceptors (Lipinski definition) is 5. The van der Waals surface area contributed by atoms with Gasteiger partial charge < -0.3 is 14.2 Å². The van der Waals surface area contributed by atoms with Crippen LogP contribution in [0.5, 0.6) is 5.75 Å². The van der Waals surface area contributed by atoms with Crippen LogP contribution in [0.15, 0.2) is 22.7 Å². The van der Waals surface area contributed by atoms with E-state index in [1.165, 1.54) is 0 Å². The molecule has 25 heavy (non-hydrogen) atoms. The molecule has 0 spiro atoms. The van der Waals surface area contributed by atoms with Gasteiger partial charge in [-0.15, -0.1) is 0 Å². The number of hydrogen-bond donors (Lipinski definition) is 0. The molecular weight excluding hydrogens is 318 g/mol. The zero-order chi connectivity index (χ0) is 17.6. The average Bonchev–Trinajstić information content (AvgIpc) is 3.33. The van der Waals surface area contributed by atoms with Gasteiger partial charge >= 0.3 is 0 Å². The Morgan fingerprint density at radius 2 is 2.20 bits per heavy atom. The highest BCUT2D eigenvalue weighted by Gasteiger charge is 2.37. The third kappa shape index (κ3) is 2.60. The first-order chi connectivity index (χ1) is 12.1. The Bertz CT molecular complexity index is 801. The first-order valence-corrected chi connectivity index (χ1v) is 9.03. The molecule has 2 aromatic rings. The molecule has 6 nitrogen and oxygen atoms in total. The van der Waals surface area contributed by atoms with E-state index in [9.17, 15) is 4.79 Å². The summed E-state index contributed by atoms with van der Waals surface area (Å²) in [6.07, 6.45) is 2.58. The fourth-order valence-electron chi connectivity index (χ4n) is 3.73. The maximum atomic E-state index is 13.2. The predicted molar refractivity (Wildman–Crippen MR) is 91.6 cm³/mol. The first kappa shape index (κ1) is 16.1. The largest absolute Gasteiger partial charge is 0.489 e. The van der Waals surface area contributed by atoms with E-state index in [1.807, 2.05) is 30.9 Å². The number of ether oxygens (including phenoxy) is 1. The first-order valence-electron chi connectivity index (χ1n) is 9.03. The molecule has 1 fully saturated rings. The molecule has 3 heterocycles. The van der Waals surface area contributed by atoms with Crippen molar-refractivity contribution in [3.05, 3.63) is 41.0 Å². The molecule has 0 saturated carbocycles. The number of para-hydroxylation sites is 1. The standard InChI is InChI=1S/C19H23N3O3/c1-4-16-20-18(21-25-16)15-9-6-10-22(15)19(23)14-8-5-7-13-11(2)12(3)24-17(13)14/h5,7-8,11-12,15H,4,6,9-10H2,1-3H3/t11-,12-,15+/m1/s1. The molecule has 0 unspecified atom stereocenters. The maximum absolute atomic E-state index is 13.2. The smallest absolute Gasteiger partial charge is 0.258 e. The number of rotatable bonds is 3. The van der Waals surface area contributed by atoms with Gasteiger partial charge in [0.1, 0.15) is 11.9 Å². The number of amides is 1. The number of aromatic nitrogens is 2. The summed E-state index contributed by atoms with van der Waals surface area (Å²) in [4.78, 5) is 19.5. The molecule has 4 rings (SSSR count). The second kappa shape index (κ2) is 6.17. The van der Waals surface area contributed by atoms with Crippen LogP contribution in [0.25, 0.3) is 0 Å². The number of benzene rings is 1. The lowest BCUT2D eigenvalue weighted by Crippen LogP contribution is -2.31.